The van der Waals surface area contributed by atoms with E-state index in [1.54, 1.807) is 10.9 Å². The van der Waals surface area contributed by atoms with E-state index >= 15 is 0 Å². The second-order valence-corrected chi connectivity index (χ2v) is 5.62. The molecule has 0 saturated carbocycles. The summed E-state index contributed by atoms with van der Waals surface area (Å²) < 4.78 is 1.77. The van der Waals surface area contributed by atoms with E-state index in [-0.39, 0.29) is 0 Å². The number of anilines is 3. The second-order valence-electron chi connectivity index (χ2n) is 5.62. The first-order chi connectivity index (χ1) is 11.2. The maximum atomic E-state index is 4.64. The maximum Gasteiger partial charge on any atom is 0.226 e. The van der Waals surface area contributed by atoms with Gasteiger partial charge in [0, 0.05) is 19.3 Å². The van der Waals surface area contributed by atoms with Crippen LogP contribution >= 0.6 is 0 Å². The van der Waals surface area contributed by atoms with E-state index in [0.29, 0.717) is 5.95 Å². The van der Waals surface area contributed by atoms with Gasteiger partial charge in [-0.05, 0) is 25.0 Å². The summed E-state index contributed by atoms with van der Waals surface area (Å²) in [6.45, 7) is 5.10. The Labute approximate surface area is 136 Å². The molecule has 0 aliphatic rings. The van der Waals surface area contributed by atoms with Crippen molar-refractivity contribution in [3.8, 4) is 0 Å². The van der Waals surface area contributed by atoms with Crippen LogP contribution in [0.5, 0.6) is 0 Å². The van der Waals surface area contributed by atoms with Crippen molar-refractivity contribution in [1.29, 1.82) is 0 Å². The zero-order valence-corrected chi connectivity index (χ0v) is 13.8. The number of benzene rings is 1. The van der Waals surface area contributed by atoms with Crippen molar-refractivity contribution in [2.24, 2.45) is 7.05 Å². The standard InChI is InChI=1S/C17H22N6/c1-4-5-10-18-17-21-15(13-11-19-23(3)16(13)22-17)20-14-9-7-6-8-12(14)2/h6-9,11H,4-5,10H2,1-3H3,(H2,18,20,21,22). The fourth-order valence-corrected chi connectivity index (χ4v) is 2.41. The van der Waals surface area contributed by atoms with Crippen molar-refractivity contribution in [2.75, 3.05) is 17.2 Å². The van der Waals surface area contributed by atoms with Crippen molar-refractivity contribution in [2.45, 2.75) is 26.7 Å². The summed E-state index contributed by atoms with van der Waals surface area (Å²) in [7, 11) is 1.89. The zero-order chi connectivity index (χ0) is 16.2. The summed E-state index contributed by atoms with van der Waals surface area (Å²) in [5.74, 6) is 1.40. The molecule has 1 aromatic carbocycles. The summed E-state index contributed by atoms with van der Waals surface area (Å²) in [5, 5.41) is 11.9. The number of para-hydroxylation sites is 1. The first kappa shape index (κ1) is 15.3. The van der Waals surface area contributed by atoms with Gasteiger partial charge in [0.05, 0.1) is 11.6 Å². The number of hydrogen-bond acceptors (Lipinski definition) is 5. The van der Waals surface area contributed by atoms with Crippen LogP contribution in [0.1, 0.15) is 25.3 Å². The van der Waals surface area contributed by atoms with Crippen LogP contribution in [0, 0.1) is 6.92 Å². The number of aryl methyl sites for hydroxylation is 2. The van der Waals surface area contributed by atoms with Crippen molar-refractivity contribution >= 4 is 28.5 Å². The molecule has 0 saturated heterocycles. The molecule has 2 N–H and O–H groups in total. The molecule has 0 aliphatic heterocycles. The van der Waals surface area contributed by atoms with Gasteiger partial charge in [-0.2, -0.15) is 15.1 Å². The number of aromatic nitrogens is 4. The Morgan fingerprint density at radius 2 is 2.00 bits per heavy atom. The topological polar surface area (TPSA) is 67.7 Å². The van der Waals surface area contributed by atoms with E-state index in [1.165, 1.54) is 5.56 Å². The average Bonchev–Trinajstić information content (AvgIpc) is 2.92. The van der Waals surface area contributed by atoms with Crippen LogP contribution in [-0.4, -0.2) is 26.3 Å². The largest absolute Gasteiger partial charge is 0.354 e. The van der Waals surface area contributed by atoms with Gasteiger partial charge in [-0.3, -0.25) is 4.68 Å². The lowest BCUT2D eigenvalue weighted by atomic mass is 10.2. The van der Waals surface area contributed by atoms with Gasteiger partial charge in [0.15, 0.2) is 5.65 Å². The highest BCUT2D eigenvalue weighted by Crippen LogP contribution is 2.26. The van der Waals surface area contributed by atoms with Crippen molar-refractivity contribution in [1.82, 2.24) is 19.7 Å². The Kier molecular flexibility index (Phi) is 4.41. The Morgan fingerprint density at radius 1 is 1.17 bits per heavy atom. The SMILES string of the molecule is CCCCNc1nc(Nc2ccccc2C)c2cnn(C)c2n1. The van der Waals surface area contributed by atoms with Crippen LogP contribution in [0.2, 0.25) is 0 Å². The summed E-state index contributed by atoms with van der Waals surface area (Å²) in [4.78, 5) is 9.21. The Balaban J connectivity index is 1.98. The minimum Gasteiger partial charge on any atom is -0.354 e. The second kappa shape index (κ2) is 6.64. The quantitative estimate of drug-likeness (QED) is 0.681. The number of nitrogens with zero attached hydrogens (tertiary/aromatic N) is 4. The molecule has 120 valence electrons. The van der Waals surface area contributed by atoms with Crippen molar-refractivity contribution in [3.63, 3.8) is 0 Å². The summed E-state index contributed by atoms with van der Waals surface area (Å²) in [5.41, 5.74) is 3.02. The number of unbranched alkanes of at least 4 members (excludes halogenated alkanes) is 1. The maximum absolute atomic E-state index is 4.64. The predicted molar refractivity (Wildman–Crippen MR) is 94.2 cm³/mol. The first-order valence-electron chi connectivity index (χ1n) is 7.95. The lowest BCUT2D eigenvalue weighted by Gasteiger charge is -2.11. The van der Waals surface area contributed by atoms with Gasteiger partial charge in [-0.1, -0.05) is 31.5 Å². The van der Waals surface area contributed by atoms with E-state index in [0.717, 1.165) is 41.9 Å². The molecule has 3 aromatic rings. The molecule has 0 spiro atoms. The van der Waals surface area contributed by atoms with Gasteiger partial charge in [-0.15, -0.1) is 0 Å². The van der Waals surface area contributed by atoms with Crippen molar-refractivity contribution in [3.05, 3.63) is 36.0 Å². The van der Waals surface area contributed by atoms with Gasteiger partial charge in [0.1, 0.15) is 5.82 Å². The highest BCUT2D eigenvalue weighted by molar-refractivity contribution is 5.89. The molecule has 0 radical (unpaired) electrons. The highest BCUT2D eigenvalue weighted by atomic mass is 15.3. The van der Waals surface area contributed by atoms with E-state index in [4.69, 9.17) is 0 Å². The lowest BCUT2D eigenvalue weighted by molar-refractivity contribution is 0.783. The molecule has 0 aliphatic carbocycles. The smallest absolute Gasteiger partial charge is 0.226 e. The van der Waals surface area contributed by atoms with Gasteiger partial charge in [0.2, 0.25) is 5.95 Å². The van der Waals surface area contributed by atoms with Crippen LogP contribution in [0.3, 0.4) is 0 Å². The number of rotatable bonds is 6. The Bertz CT molecular complexity index is 808. The molecule has 0 bridgehead atoms. The van der Waals surface area contributed by atoms with Crippen LogP contribution in [0.15, 0.2) is 30.5 Å². The fourth-order valence-electron chi connectivity index (χ4n) is 2.41. The molecule has 0 amide bonds. The average molecular weight is 310 g/mol. The Hall–Kier alpha value is -2.63. The third-order valence-corrected chi connectivity index (χ3v) is 3.80. The summed E-state index contributed by atoms with van der Waals surface area (Å²) in [6.07, 6.45) is 4.02. The number of nitrogens with one attached hydrogen (secondary N) is 2. The zero-order valence-electron chi connectivity index (χ0n) is 13.8. The van der Waals surface area contributed by atoms with Gasteiger partial charge < -0.3 is 10.6 Å². The summed E-state index contributed by atoms with van der Waals surface area (Å²) >= 11 is 0. The molecular formula is C17H22N6. The van der Waals surface area contributed by atoms with Crippen LogP contribution in [-0.2, 0) is 7.05 Å². The Morgan fingerprint density at radius 3 is 2.78 bits per heavy atom. The van der Waals surface area contributed by atoms with Gasteiger partial charge in [0.25, 0.3) is 0 Å². The molecule has 0 unspecified atom stereocenters. The third-order valence-electron chi connectivity index (χ3n) is 3.80. The lowest BCUT2D eigenvalue weighted by Crippen LogP contribution is -2.08. The first-order valence-corrected chi connectivity index (χ1v) is 7.95. The van der Waals surface area contributed by atoms with E-state index < -0.39 is 0 Å². The number of fused-ring (bicyclic) bond motifs is 1. The van der Waals surface area contributed by atoms with Crippen molar-refractivity contribution < 1.29 is 0 Å². The normalized spacial score (nSPS) is 10.9. The van der Waals surface area contributed by atoms with Gasteiger partial charge in [-0.25, -0.2) is 0 Å². The summed E-state index contributed by atoms with van der Waals surface area (Å²) in [6, 6.07) is 8.16. The molecule has 6 heteroatoms. The molecule has 3 rings (SSSR count). The van der Waals surface area contributed by atoms with Crippen LogP contribution in [0.25, 0.3) is 11.0 Å². The fraction of sp³-hybridized carbons (Fsp3) is 0.353. The van der Waals surface area contributed by atoms with Crippen LogP contribution < -0.4 is 10.6 Å². The van der Waals surface area contributed by atoms with E-state index in [1.807, 2.05) is 25.2 Å². The van der Waals surface area contributed by atoms with Crippen LogP contribution in [0.4, 0.5) is 17.5 Å². The minimum absolute atomic E-state index is 0.630. The van der Waals surface area contributed by atoms with Gasteiger partial charge >= 0.3 is 0 Å². The molecule has 2 heterocycles. The molecule has 23 heavy (non-hydrogen) atoms. The minimum atomic E-state index is 0.630. The monoisotopic (exact) mass is 310 g/mol. The third kappa shape index (κ3) is 3.26. The molecule has 2 aromatic heterocycles. The molecule has 0 fully saturated rings. The molecule has 0 atom stereocenters. The predicted octanol–water partition coefficient (Wildman–Crippen LogP) is 3.63. The molecule has 6 nitrogen and oxygen atoms in total. The number of hydrogen-bond donors (Lipinski definition) is 2. The van der Waals surface area contributed by atoms with E-state index in [9.17, 15) is 0 Å². The molecular weight excluding hydrogens is 288 g/mol. The van der Waals surface area contributed by atoms with E-state index in [2.05, 4.69) is 45.6 Å². The highest BCUT2D eigenvalue weighted by Gasteiger charge is 2.12.